The van der Waals surface area contributed by atoms with Crippen LogP contribution in [0.5, 0.6) is 0 Å². The molecule has 0 bridgehead atoms. The quantitative estimate of drug-likeness (QED) is 0.672. The Bertz CT molecular complexity index is 262. The molecule has 4 heteroatoms. The maximum absolute atomic E-state index is 8.26. The van der Waals surface area contributed by atoms with Gasteiger partial charge >= 0.3 is 0 Å². The van der Waals surface area contributed by atoms with Gasteiger partial charge in [0.2, 0.25) is 0 Å². The van der Waals surface area contributed by atoms with E-state index in [1.807, 2.05) is 6.07 Å². The van der Waals surface area contributed by atoms with Crippen molar-refractivity contribution in [1.29, 1.82) is 5.26 Å². The Balaban J connectivity index is 2.60. The fourth-order valence-electron chi connectivity index (χ4n) is 0.652. The van der Waals surface area contributed by atoms with E-state index in [9.17, 15) is 0 Å². The third kappa shape index (κ3) is 2.52. The lowest BCUT2D eigenvalue weighted by Gasteiger charge is -1.93. The third-order valence-corrected chi connectivity index (χ3v) is 1.36. The van der Waals surface area contributed by atoms with Crippen molar-refractivity contribution in [2.75, 3.05) is 0 Å². The van der Waals surface area contributed by atoms with Crippen LogP contribution in [0.15, 0.2) is 12.4 Å². The van der Waals surface area contributed by atoms with Gasteiger partial charge in [0.1, 0.15) is 5.15 Å². The summed E-state index contributed by atoms with van der Waals surface area (Å²) in [5.41, 5.74) is 0.802. The van der Waals surface area contributed by atoms with E-state index in [0.29, 0.717) is 18.0 Å². The van der Waals surface area contributed by atoms with E-state index in [1.165, 1.54) is 6.20 Å². The van der Waals surface area contributed by atoms with E-state index in [0.717, 1.165) is 5.69 Å². The maximum atomic E-state index is 8.26. The van der Waals surface area contributed by atoms with Gasteiger partial charge in [0.05, 0.1) is 24.2 Å². The molecule has 1 aromatic rings. The average molecular weight is 168 g/mol. The van der Waals surface area contributed by atoms with Crippen LogP contribution in [0.1, 0.15) is 12.1 Å². The summed E-state index contributed by atoms with van der Waals surface area (Å²) in [6, 6.07) is 2.03. The van der Waals surface area contributed by atoms with Crippen LogP contribution in [0.3, 0.4) is 0 Å². The second kappa shape index (κ2) is 3.89. The zero-order valence-corrected chi connectivity index (χ0v) is 6.54. The summed E-state index contributed by atoms with van der Waals surface area (Å²) in [5, 5.41) is 8.64. The molecule has 1 rings (SSSR count). The molecule has 1 aromatic heterocycles. The molecule has 0 aliphatic carbocycles. The molecule has 0 N–H and O–H groups in total. The molecule has 56 valence electrons. The molecule has 0 aliphatic heterocycles. The molecule has 3 nitrogen and oxygen atoms in total. The monoisotopic (exact) mass is 167 g/mol. The highest BCUT2D eigenvalue weighted by molar-refractivity contribution is 6.29. The normalized spacial score (nSPS) is 9.09. The maximum Gasteiger partial charge on any atom is 0.147 e. The van der Waals surface area contributed by atoms with Crippen molar-refractivity contribution in [2.45, 2.75) is 12.8 Å². The molecule has 0 unspecified atom stereocenters. The minimum absolute atomic E-state index is 0.380. The van der Waals surface area contributed by atoms with Crippen LogP contribution in [0.4, 0.5) is 0 Å². The van der Waals surface area contributed by atoms with E-state index in [-0.39, 0.29) is 0 Å². The predicted molar refractivity (Wildman–Crippen MR) is 41.0 cm³/mol. The highest BCUT2D eigenvalue weighted by atomic mass is 35.5. The molecule has 0 fully saturated rings. The average Bonchev–Trinajstić information content (AvgIpc) is 2.04. The molecule has 0 saturated carbocycles. The van der Waals surface area contributed by atoms with E-state index in [2.05, 4.69) is 9.97 Å². The van der Waals surface area contributed by atoms with E-state index in [4.69, 9.17) is 16.9 Å². The highest BCUT2D eigenvalue weighted by Gasteiger charge is 1.93. The topological polar surface area (TPSA) is 49.6 Å². The lowest BCUT2D eigenvalue weighted by molar-refractivity contribution is 0.932. The van der Waals surface area contributed by atoms with Crippen molar-refractivity contribution < 1.29 is 0 Å². The molecule has 0 aliphatic rings. The molecule has 0 amide bonds. The standard InChI is InChI=1S/C7H6ClN3/c8-7-5-10-6(4-11-7)2-1-3-9/h4-5H,1-2H2. The third-order valence-electron chi connectivity index (χ3n) is 1.17. The Hall–Kier alpha value is -1.14. The zero-order chi connectivity index (χ0) is 8.10. The van der Waals surface area contributed by atoms with Crippen LogP contribution in [-0.4, -0.2) is 9.97 Å². The van der Waals surface area contributed by atoms with Crippen molar-refractivity contribution in [3.05, 3.63) is 23.2 Å². The minimum Gasteiger partial charge on any atom is -0.256 e. The number of nitrogens with zero attached hydrogens (tertiary/aromatic N) is 3. The Morgan fingerprint density at radius 3 is 2.82 bits per heavy atom. The smallest absolute Gasteiger partial charge is 0.147 e. The van der Waals surface area contributed by atoms with Crippen molar-refractivity contribution >= 4 is 11.6 Å². The van der Waals surface area contributed by atoms with E-state index >= 15 is 0 Å². The fourth-order valence-corrected chi connectivity index (χ4v) is 0.750. The second-order valence-electron chi connectivity index (χ2n) is 1.99. The van der Waals surface area contributed by atoms with E-state index < -0.39 is 0 Å². The Kier molecular flexibility index (Phi) is 2.82. The van der Waals surface area contributed by atoms with Gasteiger partial charge in [-0.3, -0.25) is 4.98 Å². The number of hydrogen-bond donors (Lipinski definition) is 0. The molecule has 0 spiro atoms. The van der Waals surface area contributed by atoms with Crippen molar-refractivity contribution in [3.8, 4) is 6.07 Å². The van der Waals surface area contributed by atoms with Gasteiger partial charge in [-0.05, 0) is 0 Å². The van der Waals surface area contributed by atoms with Crippen molar-refractivity contribution in [3.63, 3.8) is 0 Å². The summed E-state index contributed by atoms with van der Waals surface area (Å²) in [5.74, 6) is 0. The summed E-state index contributed by atoms with van der Waals surface area (Å²) >= 11 is 5.51. The van der Waals surface area contributed by atoms with Gasteiger partial charge in [-0.2, -0.15) is 5.26 Å². The minimum atomic E-state index is 0.380. The Labute approximate surface area is 69.7 Å². The largest absolute Gasteiger partial charge is 0.256 e. The van der Waals surface area contributed by atoms with E-state index in [1.54, 1.807) is 6.20 Å². The van der Waals surface area contributed by atoms with Crippen molar-refractivity contribution in [2.24, 2.45) is 0 Å². The zero-order valence-electron chi connectivity index (χ0n) is 5.79. The van der Waals surface area contributed by atoms with Crippen LogP contribution in [0.25, 0.3) is 0 Å². The SMILES string of the molecule is N#CCCc1cnc(Cl)cn1. The molecule has 0 radical (unpaired) electrons. The van der Waals surface area contributed by atoms with Gasteiger partial charge in [0.15, 0.2) is 0 Å². The van der Waals surface area contributed by atoms with Crippen LogP contribution in [0.2, 0.25) is 5.15 Å². The summed E-state index contributed by atoms with van der Waals surface area (Å²) in [7, 11) is 0. The first-order valence-electron chi connectivity index (χ1n) is 3.16. The molecule has 0 atom stereocenters. The molecule has 0 aromatic carbocycles. The lowest BCUT2D eigenvalue weighted by Crippen LogP contribution is -1.89. The lowest BCUT2D eigenvalue weighted by atomic mass is 10.3. The van der Waals surface area contributed by atoms with Gasteiger partial charge in [0, 0.05) is 12.8 Å². The molecule has 11 heavy (non-hydrogen) atoms. The Morgan fingerprint density at radius 2 is 2.27 bits per heavy atom. The predicted octanol–water partition coefficient (Wildman–Crippen LogP) is 1.59. The molecular weight excluding hydrogens is 162 g/mol. The van der Waals surface area contributed by atoms with Gasteiger partial charge in [-0.15, -0.1) is 0 Å². The summed E-state index contributed by atoms with van der Waals surface area (Å²) in [4.78, 5) is 7.80. The molecule has 0 saturated heterocycles. The molecule has 1 heterocycles. The van der Waals surface area contributed by atoms with Gasteiger partial charge in [0.25, 0.3) is 0 Å². The number of halogens is 1. The number of rotatable bonds is 2. The highest BCUT2D eigenvalue weighted by Crippen LogP contribution is 2.02. The van der Waals surface area contributed by atoms with Crippen LogP contribution in [-0.2, 0) is 6.42 Å². The number of hydrogen-bond acceptors (Lipinski definition) is 3. The summed E-state index contributed by atoms with van der Waals surface area (Å²) < 4.78 is 0. The van der Waals surface area contributed by atoms with Gasteiger partial charge < -0.3 is 0 Å². The number of nitriles is 1. The first-order chi connectivity index (χ1) is 5.33. The number of aromatic nitrogens is 2. The van der Waals surface area contributed by atoms with Gasteiger partial charge in [-0.1, -0.05) is 11.6 Å². The summed E-state index contributed by atoms with van der Waals surface area (Å²) in [6.45, 7) is 0. The van der Waals surface area contributed by atoms with Gasteiger partial charge in [-0.25, -0.2) is 4.98 Å². The van der Waals surface area contributed by atoms with Crippen molar-refractivity contribution in [1.82, 2.24) is 9.97 Å². The first kappa shape index (κ1) is 7.96. The van der Waals surface area contributed by atoms with Crippen LogP contribution < -0.4 is 0 Å². The number of aryl methyl sites for hydroxylation is 1. The Morgan fingerprint density at radius 1 is 1.45 bits per heavy atom. The summed E-state index contributed by atoms with van der Waals surface area (Å²) in [6.07, 6.45) is 4.17. The van der Waals surface area contributed by atoms with Crippen LogP contribution in [0, 0.1) is 11.3 Å². The first-order valence-corrected chi connectivity index (χ1v) is 3.54. The molecular formula is C7H6ClN3. The fraction of sp³-hybridized carbons (Fsp3) is 0.286. The van der Waals surface area contributed by atoms with Crippen LogP contribution >= 0.6 is 11.6 Å². The second-order valence-corrected chi connectivity index (χ2v) is 2.38.